The third-order valence-corrected chi connectivity index (χ3v) is 5.19. The molecule has 0 aliphatic carbocycles. The number of carbonyl (C=O) groups excluding carboxylic acids is 2. The number of benzene rings is 2. The topological polar surface area (TPSA) is 98.2 Å². The number of hydrogen-bond donors (Lipinski definition) is 2. The zero-order chi connectivity index (χ0) is 22.7. The minimum atomic E-state index is -0.496. The third kappa shape index (κ3) is 4.00. The summed E-state index contributed by atoms with van der Waals surface area (Å²) in [7, 11) is 1.53. The smallest absolute Gasteiger partial charge is 0.340 e. The number of amides is 1. The monoisotopic (exact) mass is 432 g/mol. The van der Waals surface area contributed by atoms with E-state index in [0.29, 0.717) is 29.4 Å². The second-order valence-electron chi connectivity index (χ2n) is 7.30. The Morgan fingerprint density at radius 1 is 1.03 bits per heavy atom. The summed E-state index contributed by atoms with van der Waals surface area (Å²) in [5.41, 5.74) is 4.22. The van der Waals surface area contributed by atoms with Crippen LogP contribution in [-0.2, 0) is 9.47 Å². The Bertz CT molecular complexity index is 1270. The van der Waals surface area contributed by atoms with E-state index in [-0.39, 0.29) is 12.3 Å². The van der Waals surface area contributed by atoms with Gasteiger partial charge in [-0.3, -0.25) is 14.7 Å². The number of esters is 1. The molecule has 8 heteroatoms. The molecule has 0 unspecified atom stereocenters. The van der Waals surface area contributed by atoms with Gasteiger partial charge in [-0.1, -0.05) is 30.3 Å². The van der Waals surface area contributed by atoms with Crippen molar-refractivity contribution in [1.82, 2.24) is 14.5 Å². The van der Waals surface area contributed by atoms with Gasteiger partial charge in [0.1, 0.15) is 12.3 Å². The molecule has 4 aromatic rings. The molecule has 32 heavy (non-hydrogen) atoms. The first-order valence-corrected chi connectivity index (χ1v) is 10.2. The van der Waals surface area contributed by atoms with Crippen LogP contribution >= 0.6 is 0 Å². The molecule has 0 radical (unpaired) electrons. The highest BCUT2D eigenvalue weighted by Crippen LogP contribution is 2.26. The molecule has 2 N–H and O–H groups in total. The molecule has 0 saturated carbocycles. The quantitative estimate of drug-likeness (QED) is 0.339. The maximum absolute atomic E-state index is 13.2. The number of methoxy groups -OCH3 is 1. The van der Waals surface area contributed by atoms with E-state index >= 15 is 0 Å². The Kier molecular flexibility index (Phi) is 6.04. The maximum Gasteiger partial charge on any atom is 0.340 e. The van der Waals surface area contributed by atoms with Crippen LogP contribution in [0, 0.1) is 13.8 Å². The highest BCUT2D eigenvalue weighted by Gasteiger charge is 2.24. The average Bonchev–Trinajstić information content (AvgIpc) is 3.30. The molecule has 0 saturated heterocycles. The number of imidazole rings is 1. The van der Waals surface area contributed by atoms with Crippen molar-refractivity contribution in [3.8, 4) is 5.69 Å². The molecule has 2 aromatic heterocycles. The van der Waals surface area contributed by atoms with Crippen LogP contribution in [0.25, 0.3) is 16.7 Å². The van der Waals surface area contributed by atoms with E-state index in [4.69, 9.17) is 9.47 Å². The lowest BCUT2D eigenvalue weighted by molar-refractivity contribution is 0.0387. The van der Waals surface area contributed by atoms with E-state index in [1.807, 2.05) is 59.2 Å². The van der Waals surface area contributed by atoms with Crippen molar-refractivity contribution in [2.24, 2.45) is 0 Å². The largest absolute Gasteiger partial charge is 0.460 e. The van der Waals surface area contributed by atoms with Gasteiger partial charge in [-0.2, -0.15) is 0 Å². The van der Waals surface area contributed by atoms with Gasteiger partial charge in [0.25, 0.3) is 5.91 Å². The fourth-order valence-corrected chi connectivity index (χ4v) is 3.69. The van der Waals surface area contributed by atoms with E-state index in [1.165, 1.54) is 7.11 Å². The van der Waals surface area contributed by atoms with Gasteiger partial charge in [-0.25, -0.2) is 9.78 Å². The normalized spacial score (nSPS) is 11.0. The van der Waals surface area contributed by atoms with Crippen LogP contribution in [0.3, 0.4) is 0 Å². The summed E-state index contributed by atoms with van der Waals surface area (Å²) < 4.78 is 12.0. The van der Waals surface area contributed by atoms with Gasteiger partial charge in [0.2, 0.25) is 5.95 Å². The molecule has 0 bridgehead atoms. The third-order valence-electron chi connectivity index (χ3n) is 5.19. The molecule has 0 aliphatic heterocycles. The summed E-state index contributed by atoms with van der Waals surface area (Å²) in [6.07, 6.45) is 0. The Labute approximate surface area is 185 Å². The Morgan fingerprint density at radius 2 is 1.75 bits per heavy atom. The summed E-state index contributed by atoms with van der Waals surface area (Å²) in [6, 6.07) is 17.3. The molecular weight excluding hydrogens is 408 g/mol. The number of rotatable bonds is 7. The molecule has 4 rings (SSSR count). The summed E-state index contributed by atoms with van der Waals surface area (Å²) in [6.45, 7) is 3.89. The number of para-hydroxylation sites is 3. The molecule has 8 nitrogen and oxygen atoms in total. The van der Waals surface area contributed by atoms with Crippen molar-refractivity contribution in [3.05, 3.63) is 77.1 Å². The van der Waals surface area contributed by atoms with Crippen molar-refractivity contribution >= 4 is 28.9 Å². The highest BCUT2D eigenvalue weighted by atomic mass is 16.6. The number of aromatic nitrogens is 3. The number of H-pyrrole nitrogens is 1. The van der Waals surface area contributed by atoms with E-state index < -0.39 is 11.9 Å². The Balaban J connectivity index is 1.67. The maximum atomic E-state index is 13.2. The van der Waals surface area contributed by atoms with Gasteiger partial charge >= 0.3 is 5.97 Å². The summed E-state index contributed by atoms with van der Waals surface area (Å²) >= 11 is 0. The van der Waals surface area contributed by atoms with Gasteiger partial charge in [0.05, 0.1) is 23.2 Å². The first-order chi connectivity index (χ1) is 15.5. The summed E-state index contributed by atoms with van der Waals surface area (Å²) in [5, 5.41) is 2.90. The Hall–Kier alpha value is -3.91. The van der Waals surface area contributed by atoms with Crippen LogP contribution in [0.2, 0.25) is 0 Å². The lowest BCUT2D eigenvalue weighted by Gasteiger charge is -2.10. The highest BCUT2D eigenvalue weighted by molar-refractivity contribution is 6.07. The van der Waals surface area contributed by atoms with E-state index in [9.17, 15) is 9.59 Å². The fourth-order valence-electron chi connectivity index (χ4n) is 3.69. The molecule has 0 aliphatic rings. The molecule has 0 fully saturated rings. The van der Waals surface area contributed by atoms with E-state index in [0.717, 1.165) is 16.7 Å². The predicted octanol–water partition coefficient (Wildman–Crippen LogP) is 4.03. The Morgan fingerprint density at radius 3 is 2.50 bits per heavy atom. The summed E-state index contributed by atoms with van der Waals surface area (Å²) in [4.78, 5) is 33.3. The van der Waals surface area contributed by atoms with E-state index in [1.54, 1.807) is 13.8 Å². The number of nitrogens with one attached hydrogen (secondary N) is 2. The van der Waals surface area contributed by atoms with Gasteiger partial charge in [0.15, 0.2) is 0 Å². The predicted molar refractivity (Wildman–Crippen MR) is 121 cm³/mol. The molecule has 2 heterocycles. The number of anilines is 1. The minimum Gasteiger partial charge on any atom is -0.460 e. The lowest BCUT2D eigenvalue weighted by atomic mass is 10.1. The van der Waals surface area contributed by atoms with Crippen molar-refractivity contribution in [2.75, 3.05) is 25.6 Å². The SMILES string of the molecule is COCCOC(=O)c1c(C)[nH]c(C(=O)Nc2nc3ccccc3n2-c2ccccc2)c1C. The fraction of sp³-hybridized carbons (Fsp3) is 0.208. The van der Waals surface area contributed by atoms with Crippen LogP contribution in [0.15, 0.2) is 54.6 Å². The first-order valence-electron chi connectivity index (χ1n) is 10.2. The molecular formula is C24H24N4O4. The number of ether oxygens (including phenoxy) is 2. The van der Waals surface area contributed by atoms with Gasteiger partial charge in [0, 0.05) is 18.5 Å². The van der Waals surface area contributed by atoms with Gasteiger partial charge in [-0.15, -0.1) is 0 Å². The molecule has 1 amide bonds. The zero-order valence-electron chi connectivity index (χ0n) is 18.1. The number of aromatic amines is 1. The second kappa shape index (κ2) is 9.07. The van der Waals surface area contributed by atoms with Crippen molar-refractivity contribution in [2.45, 2.75) is 13.8 Å². The van der Waals surface area contributed by atoms with Crippen LogP contribution in [0.5, 0.6) is 0 Å². The second-order valence-corrected chi connectivity index (χ2v) is 7.30. The van der Waals surface area contributed by atoms with Crippen LogP contribution in [0.1, 0.15) is 32.1 Å². The van der Waals surface area contributed by atoms with Crippen molar-refractivity contribution < 1.29 is 19.1 Å². The number of nitrogens with zero attached hydrogens (tertiary/aromatic N) is 2. The zero-order valence-corrected chi connectivity index (χ0v) is 18.1. The lowest BCUT2D eigenvalue weighted by Crippen LogP contribution is -2.17. The number of hydrogen-bond acceptors (Lipinski definition) is 5. The molecule has 164 valence electrons. The van der Waals surface area contributed by atoms with Gasteiger partial charge in [-0.05, 0) is 43.7 Å². The number of fused-ring (bicyclic) bond motifs is 1. The summed E-state index contributed by atoms with van der Waals surface area (Å²) in [5.74, 6) is -0.504. The van der Waals surface area contributed by atoms with E-state index in [2.05, 4.69) is 15.3 Å². The standard InChI is InChI=1S/C24H24N4O4/c1-15-20(23(30)32-14-13-31-3)16(2)25-21(15)22(29)27-24-26-18-11-7-8-12-19(18)28(24)17-9-5-4-6-10-17/h4-12,25H,13-14H2,1-3H3,(H,26,27,29). The van der Waals surface area contributed by atoms with Crippen molar-refractivity contribution in [3.63, 3.8) is 0 Å². The molecule has 0 spiro atoms. The van der Waals surface area contributed by atoms with Gasteiger partial charge < -0.3 is 14.5 Å². The van der Waals surface area contributed by atoms with Crippen LogP contribution in [0.4, 0.5) is 5.95 Å². The first kappa shape index (κ1) is 21.3. The van der Waals surface area contributed by atoms with Crippen LogP contribution < -0.4 is 5.32 Å². The molecule has 2 aromatic carbocycles. The average molecular weight is 432 g/mol. The number of aryl methyl sites for hydroxylation is 1. The van der Waals surface area contributed by atoms with Crippen LogP contribution in [-0.4, -0.2) is 46.7 Å². The molecule has 0 atom stereocenters. The minimum absolute atomic E-state index is 0.141. The van der Waals surface area contributed by atoms with Crippen molar-refractivity contribution in [1.29, 1.82) is 0 Å². The number of carbonyl (C=O) groups is 2.